The number of benzene rings is 2. The summed E-state index contributed by atoms with van der Waals surface area (Å²) in [5.41, 5.74) is 1.72. The first-order chi connectivity index (χ1) is 12.7. The maximum atomic E-state index is 13.2. The molecule has 1 atom stereocenters. The SMILES string of the molecule is O=c1c2c(oc3ccc(Cl)cc13)-c1ccccc1C1(C=CCCCC1)O2. The third-order valence-electron chi connectivity index (χ3n) is 5.28. The van der Waals surface area contributed by atoms with Crippen molar-refractivity contribution < 1.29 is 9.15 Å². The van der Waals surface area contributed by atoms with Crippen molar-refractivity contribution in [1.29, 1.82) is 0 Å². The Balaban J connectivity index is 1.85. The van der Waals surface area contributed by atoms with Crippen LogP contribution in [0.1, 0.15) is 31.2 Å². The molecule has 1 unspecified atom stereocenters. The van der Waals surface area contributed by atoms with Crippen LogP contribution in [0.5, 0.6) is 5.75 Å². The number of ether oxygens (including phenoxy) is 1. The molecule has 4 heteroatoms. The Morgan fingerprint density at radius 2 is 1.96 bits per heavy atom. The third kappa shape index (κ3) is 2.24. The van der Waals surface area contributed by atoms with Gasteiger partial charge in [0.25, 0.3) is 0 Å². The molecule has 0 fully saturated rings. The Morgan fingerprint density at radius 1 is 1.08 bits per heavy atom. The van der Waals surface area contributed by atoms with E-state index in [9.17, 15) is 4.79 Å². The van der Waals surface area contributed by atoms with E-state index in [1.807, 2.05) is 18.2 Å². The molecule has 2 heterocycles. The van der Waals surface area contributed by atoms with Gasteiger partial charge in [-0.1, -0.05) is 41.9 Å². The molecule has 1 spiro atoms. The highest BCUT2D eigenvalue weighted by molar-refractivity contribution is 6.31. The molecular formula is C22H17ClO3. The molecule has 3 nitrogen and oxygen atoms in total. The second kappa shape index (κ2) is 5.75. The fourth-order valence-corrected chi connectivity index (χ4v) is 4.20. The van der Waals surface area contributed by atoms with Crippen LogP contribution in [0, 0.1) is 0 Å². The lowest BCUT2D eigenvalue weighted by atomic mass is 9.83. The molecule has 26 heavy (non-hydrogen) atoms. The average molecular weight is 365 g/mol. The molecule has 0 saturated heterocycles. The van der Waals surface area contributed by atoms with Gasteiger partial charge in [0.2, 0.25) is 11.2 Å². The van der Waals surface area contributed by atoms with Crippen LogP contribution in [0.25, 0.3) is 22.3 Å². The number of hydrogen-bond acceptors (Lipinski definition) is 3. The molecule has 1 aromatic heterocycles. The zero-order chi connectivity index (χ0) is 17.7. The van der Waals surface area contributed by atoms with Gasteiger partial charge in [0.1, 0.15) is 5.58 Å². The molecule has 1 aliphatic heterocycles. The van der Waals surface area contributed by atoms with Crippen molar-refractivity contribution in [3.8, 4) is 17.1 Å². The van der Waals surface area contributed by atoms with Crippen LogP contribution in [-0.2, 0) is 5.60 Å². The van der Waals surface area contributed by atoms with Gasteiger partial charge in [-0.25, -0.2) is 0 Å². The van der Waals surface area contributed by atoms with Crippen molar-refractivity contribution in [2.24, 2.45) is 0 Å². The van der Waals surface area contributed by atoms with E-state index in [-0.39, 0.29) is 11.2 Å². The van der Waals surface area contributed by atoms with E-state index in [1.54, 1.807) is 18.2 Å². The lowest BCUT2D eigenvalue weighted by Gasteiger charge is -2.37. The van der Waals surface area contributed by atoms with Crippen molar-refractivity contribution in [2.45, 2.75) is 31.3 Å². The van der Waals surface area contributed by atoms with E-state index in [1.165, 1.54) is 0 Å². The van der Waals surface area contributed by atoms with Crippen molar-refractivity contribution in [1.82, 2.24) is 0 Å². The standard InChI is InChI=1S/C22H17ClO3/c23-14-9-10-18-16(13-14)19(24)21-20(25-18)15-7-3-4-8-17(15)22(26-21)11-5-1-2-6-12-22/h3-5,7-11,13H,1-2,6,12H2. The van der Waals surface area contributed by atoms with Gasteiger partial charge < -0.3 is 9.15 Å². The molecule has 130 valence electrons. The van der Waals surface area contributed by atoms with E-state index < -0.39 is 5.60 Å². The summed E-state index contributed by atoms with van der Waals surface area (Å²) >= 11 is 6.09. The highest BCUT2D eigenvalue weighted by atomic mass is 35.5. The molecule has 1 aliphatic carbocycles. The van der Waals surface area contributed by atoms with Crippen LogP contribution < -0.4 is 10.2 Å². The Kier molecular flexibility index (Phi) is 3.47. The minimum atomic E-state index is -0.610. The molecule has 0 N–H and O–H groups in total. The zero-order valence-corrected chi connectivity index (χ0v) is 14.9. The van der Waals surface area contributed by atoms with Crippen molar-refractivity contribution >= 4 is 22.6 Å². The van der Waals surface area contributed by atoms with Gasteiger partial charge in [-0.3, -0.25) is 4.79 Å². The average Bonchev–Trinajstić information content (AvgIpc) is 2.90. The third-order valence-corrected chi connectivity index (χ3v) is 5.51. The summed E-state index contributed by atoms with van der Waals surface area (Å²) in [7, 11) is 0. The summed E-state index contributed by atoms with van der Waals surface area (Å²) in [4.78, 5) is 13.2. The highest BCUT2D eigenvalue weighted by Crippen LogP contribution is 2.48. The van der Waals surface area contributed by atoms with Crippen molar-refractivity contribution in [2.75, 3.05) is 0 Å². The van der Waals surface area contributed by atoms with Gasteiger partial charge in [0, 0.05) is 16.1 Å². The second-order valence-corrected chi connectivity index (χ2v) is 7.35. The molecule has 3 aromatic rings. The highest BCUT2D eigenvalue weighted by Gasteiger charge is 2.41. The fraction of sp³-hybridized carbons (Fsp3) is 0.227. The van der Waals surface area contributed by atoms with Crippen molar-refractivity contribution in [3.05, 3.63) is 75.4 Å². The van der Waals surface area contributed by atoms with Crippen LogP contribution in [0.15, 0.2) is 63.8 Å². The van der Waals surface area contributed by atoms with Crippen LogP contribution in [0.2, 0.25) is 5.02 Å². The van der Waals surface area contributed by atoms with Crippen molar-refractivity contribution in [3.63, 3.8) is 0 Å². The predicted octanol–water partition coefficient (Wildman–Crippen LogP) is 5.83. The van der Waals surface area contributed by atoms with E-state index in [2.05, 4.69) is 18.2 Å². The fourth-order valence-electron chi connectivity index (χ4n) is 4.02. The first kappa shape index (κ1) is 15.7. The summed E-state index contributed by atoms with van der Waals surface area (Å²) in [6.45, 7) is 0. The van der Waals surface area contributed by atoms with E-state index in [4.69, 9.17) is 20.8 Å². The summed E-state index contributed by atoms with van der Waals surface area (Å²) < 4.78 is 12.5. The van der Waals surface area contributed by atoms with Gasteiger partial charge in [-0.05, 0) is 50.0 Å². The molecule has 0 bridgehead atoms. The van der Waals surface area contributed by atoms with Gasteiger partial charge in [0.05, 0.1) is 5.39 Å². The first-order valence-corrected chi connectivity index (χ1v) is 9.29. The predicted molar refractivity (Wildman–Crippen MR) is 103 cm³/mol. The Hall–Kier alpha value is -2.52. The first-order valence-electron chi connectivity index (χ1n) is 8.91. The number of hydrogen-bond donors (Lipinski definition) is 0. The summed E-state index contributed by atoms with van der Waals surface area (Å²) in [6, 6.07) is 13.1. The second-order valence-electron chi connectivity index (χ2n) is 6.92. The van der Waals surface area contributed by atoms with Gasteiger partial charge in [-0.2, -0.15) is 0 Å². The van der Waals surface area contributed by atoms with Gasteiger partial charge in [-0.15, -0.1) is 0 Å². The van der Waals surface area contributed by atoms with Gasteiger partial charge in [0.15, 0.2) is 11.4 Å². The van der Waals surface area contributed by atoms with Crippen LogP contribution in [-0.4, -0.2) is 0 Å². The molecule has 0 saturated carbocycles. The molecule has 0 amide bonds. The molecule has 2 aliphatic rings. The van der Waals surface area contributed by atoms with Gasteiger partial charge >= 0.3 is 0 Å². The van der Waals surface area contributed by atoms with Crippen LogP contribution in [0.4, 0.5) is 0 Å². The lowest BCUT2D eigenvalue weighted by molar-refractivity contribution is 0.100. The minimum absolute atomic E-state index is 0.171. The number of allylic oxidation sites excluding steroid dienone is 1. The van der Waals surface area contributed by atoms with E-state index >= 15 is 0 Å². The Labute approximate surface area is 155 Å². The van der Waals surface area contributed by atoms with E-state index in [0.717, 1.165) is 36.8 Å². The topological polar surface area (TPSA) is 39.4 Å². The maximum Gasteiger partial charge on any atom is 0.235 e. The van der Waals surface area contributed by atoms with Crippen LogP contribution >= 0.6 is 11.6 Å². The van der Waals surface area contributed by atoms with Crippen LogP contribution in [0.3, 0.4) is 0 Å². The number of rotatable bonds is 0. The number of halogens is 1. The maximum absolute atomic E-state index is 13.2. The summed E-state index contributed by atoms with van der Waals surface area (Å²) in [5.74, 6) is 0.786. The molecular weight excluding hydrogens is 348 g/mol. The molecule has 0 radical (unpaired) electrons. The molecule has 2 aromatic carbocycles. The smallest absolute Gasteiger partial charge is 0.235 e. The summed E-state index contributed by atoms with van der Waals surface area (Å²) in [5, 5.41) is 0.952. The quantitative estimate of drug-likeness (QED) is 0.471. The van der Waals surface area contributed by atoms with E-state index in [0.29, 0.717) is 21.8 Å². The minimum Gasteiger partial charge on any atom is -0.471 e. The monoisotopic (exact) mass is 364 g/mol. The molecule has 5 rings (SSSR count). The normalized spacial score (nSPS) is 21.1. The zero-order valence-electron chi connectivity index (χ0n) is 14.1. The lowest BCUT2D eigenvalue weighted by Crippen LogP contribution is -2.36. The largest absolute Gasteiger partial charge is 0.471 e. The summed E-state index contributed by atoms with van der Waals surface area (Å²) in [6.07, 6.45) is 8.31. The number of fused-ring (bicyclic) bond motifs is 5. The Bertz CT molecular complexity index is 1110. The Morgan fingerprint density at radius 3 is 2.88 bits per heavy atom.